The molecule has 2 N–H and O–H groups in total. The van der Waals surface area contributed by atoms with Crippen LogP contribution in [0.3, 0.4) is 0 Å². The Bertz CT molecular complexity index is 797. The molecule has 2 heterocycles. The number of piperazine rings is 1. The van der Waals surface area contributed by atoms with Crippen LogP contribution in [0.25, 0.3) is 10.9 Å². The van der Waals surface area contributed by atoms with Gasteiger partial charge in [-0.15, -0.1) is 0 Å². The molecule has 0 spiro atoms. The summed E-state index contributed by atoms with van der Waals surface area (Å²) in [5.41, 5.74) is 1.21. The van der Waals surface area contributed by atoms with Crippen molar-refractivity contribution in [2.24, 2.45) is 5.92 Å². The molecule has 0 radical (unpaired) electrons. The van der Waals surface area contributed by atoms with Crippen LogP contribution in [0.1, 0.15) is 6.92 Å². The second kappa shape index (κ2) is 8.92. The number of para-hydroxylation sites is 1. The third-order valence-corrected chi connectivity index (χ3v) is 4.86. The van der Waals surface area contributed by atoms with Gasteiger partial charge in [-0.05, 0) is 25.1 Å². The Labute approximate surface area is 159 Å². The number of pyridine rings is 1. The molecule has 27 heavy (non-hydrogen) atoms. The van der Waals surface area contributed by atoms with Crippen LogP contribution in [0.2, 0.25) is 0 Å². The fourth-order valence-corrected chi connectivity index (χ4v) is 3.27. The van der Waals surface area contributed by atoms with Gasteiger partial charge in [0.2, 0.25) is 0 Å². The van der Waals surface area contributed by atoms with E-state index in [4.69, 9.17) is 0 Å². The van der Waals surface area contributed by atoms with Crippen molar-refractivity contribution in [1.82, 2.24) is 20.1 Å². The first-order valence-electron chi connectivity index (χ1n) is 9.37. The normalized spacial score (nSPS) is 16.8. The van der Waals surface area contributed by atoms with Gasteiger partial charge in [-0.1, -0.05) is 25.1 Å². The summed E-state index contributed by atoms with van der Waals surface area (Å²) in [4.78, 5) is 33.4. The highest BCUT2D eigenvalue weighted by Crippen LogP contribution is 2.20. The van der Waals surface area contributed by atoms with Crippen LogP contribution >= 0.6 is 0 Å². The number of likely N-dealkylation sites (N-methyl/N-ethyl adjacent to an activating group) is 1. The number of nitrogens with zero attached hydrogens (tertiary/aromatic N) is 3. The second-order valence-corrected chi connectivity index (χ2v) is 7.25. The number of hydrogen-bond acceptors (Lipinski definition) is 5. The molecular weight excluding hydrogens is 342 g/mol. The number of hydrogen-bond donors (Lipinski definition) is 2. The van der Waals surface area contributed by atoms with Crippen molar-refractivity contribution in [1.29, 1.82) is 0 Å². The standard InChI is InChI=1S/C20H27N5O2/c1-15(14-25-11-9-24(2)10-12-25)13-22-19(26)20(27)23-17-7-3-5-16-6-4-8-21-18(16)17/h3-8,15H,9-14H2,1-2H3,(H,22,26)(H,23,27). The van der Waals surface area contributed by atoms with E-state index in [9.17, 15) is 9.59 Å². The van der Waals surface area contributed by atoms with Crippen molar-refractivity contribution < 1.29 is 9.59 Å². The van der Waals surface area contributed by atoms with Gasteiger partial charge in [-0.25, -0.2) is 0 Å². The van der Waals surface area contributed by atoms with Gasteiger partial charge < -0.3 is 20.4 Å². The second-order valence-electron chi connectivity index (χ2n) is 7.25. The lowest BCUT2D eigenvalue weighted by atomic mass is 10.1. The molecular formula is C20H27N5O2. The molecule has 1 aliphatic rings. The molecule has 0 bridgehead atoms. The highest BCUT2D eigenvalue weighted by Gasteiger charge is 2.19. The van der Waals surface area contributed by atoms with E-state index < -0.39 is 11.8 Å². The summed E-state index contributed by atoms with van der Waals surface area (Å²) in [6.07, 6.45) is 1.66. The number of anilines is 1. The topological polar surface area (TPSA) is 77.6 Å². The zero-order chi connectivity index (χ0) is 19.2. The van der Waals surface area contributed by atoms with E-state index in [1.165, 1.54) is 0 Å². The Kier molecular flexibility index (Phi) is 6.36. The molecule has 1 aromatic heterocycles. The Morgan fingerprint density at radius 3 is 2.63 bits per heavy atom. The quantitative estimate of drug-likeness (QED) is 0.774. The number of benzene rings is 1. The summed E-state index contributed by atoms with van der Waals surface area (Å²) in [7, 11) is 2.13. The predicted molar refractivity (Wildman–Crippen MR) is 106 cm³/mol. The minimum Gasteiger partial charge on any atom is -0.348 e. The molecule has 2 aromatic rings. The molecule has 1 atom stereocenters. The third kappa shape index (κ3) is 5.24. The highest BCUT2D eigenvalue weighted by atomic mass is 16.2. The van der Waals surface area contributed by atoms with Gasteiger partial charge in [-0.2, -0.15) is 0 Å². The van der Waals surface area contributed by atoms with Gasteiger partial charge in [0, 0.05) is 50.9 Å². The number of carbonyl (C=O) groups is 2. The van der Waals surface area contributed by atoms with Crippen LogP contribution in [-0.4, -0.2) is 72.9 Å². The van der Waals surface area contributed by atoms with Crippen molar-refractivity contribution in [3.63, 3.8) is 0 Å². The molecule has 1 saturated heterocycles. The van der Waals surface area contributed by atoms with E-state index in [0.717, 1.165) is 38.1 Å². The average Bonchev–Trinajstić information content (AvgIpc) is 2.68. The Hall–Kier alpha value is -2.51. The van der Waals surface area contributed by atoms with Gasteiger partial charge in [0.25, 0.3) is 0 Å². The molecule has 1 fully saturated rings. The lowest BCUT2D eigenvalue weighted by Crippen LogP contribution is -2.47. The van der Waals surface area contributed by atoms with Crippen LogP contribution in [-0.2, 0) is 9.59 Å². The summed E-state index contributed by atoms with van der Waals surface area (Å²) in [6, 6.07) is 9.24. The van der Waals surface area contributed by atoms with E-state index in [2.05, 4.69) is 39.4 Å². The first-order chi connectivity index (χ1) is 13.0. The molecule has 144 valence electrons. The van der Waals surface area contributed by atoms with E-state index in [-0.39, 0.29) is 5.92 Å². The SMILES string of the molecule is CC(CNC(=O)C(=O)Nc1cccc2cccnc12)CN1CCN(C)CC1. The summed E-state index contributed by atoms with van der Waals surface area (Å²) in [5.74, 6) is -1.00. The van der Waals surface area contributed by atoms with Gasteiger partial charge >= 0.3 is 11.8 Å². The van der Waals surface area contributed by atoms with Gasteiger partial charge in [0.05, 0.1) is 11.2 Å². The Morgan fingerprint density at radius 2 is 1.85 bits per heavy atom. The fraction of sp³-hybridized carbons (Fsp3) is 0.450. The summed E-state index contributed by atoms with van der Waals surface area (Å²) < 4.78 is 0. The molecule has 7 nitrogen and oxygen atoms in total. The lowest BCUT2D eigenvalue weighted by molar-refractivity contribution is -0.136. The average molecular weight is 369 g/mol. The van der Waals surface area contributed by atoms with Crippen molar-refractivity contribution >= 4 is 28.4 Å². The minimum atomic E-state index is -0.667. The van der Waals surface area contributed by atoms with Gasteiger partial charge in [0.1, 0.15) is 0 Å². The zero-order valence-corrected chi connectivity index (χ0v) is 15.9. The first kappa shape index (κ1) is 19.3. The molecule has 3 rings (SSSR count). The predicted octanol–water partition coefficient (Wildman–Crippen LogP) is 1.17. The largest absolute Gasteiger partial charge is 0.348 e. The molecule has 0 aliphatic carbocycles. The van der Waals surface area contributed by atoms with E-state index >= 15 is 0 Å². The van der Waals surface area contributed by atoms with Crippen LogP contribution < -0.4 is 10.6 Å². The highest BCUT2D eigenvalue weighted by molar-refractivity contribution is 6.40. The molecule has 0 saturated carbocycles. The maximum atomic E-state index is 12.2. The maximum Gasteiger partial charge on any atom is 0.313 e. The number of rotatable bonds is 5. The monoisotopic (exact) mass is 369 g/mol. The smallest absolute Gasteiger partial charge is 0.313 e. The van der Waals surface area contributed by atoms with Crippen molar-refractivity contribution in [2.75, 3.05) is 51.6 Å². The van der Waals surface area contributed by atoms with Gasteiger partial charge in [-0.3, -0.25) is 14.6 Å². The molecule has 7 heteroatoms. The van der Waals surface area contributed by atoms with Crippen molar-refractivity contribution in [2.45, 2.75) is 6.92 Å². The van der Waals surface area contributed by atoms with E-state index in [1.807, 2.05) is 24.3 Å². The number of nitrogens with one attached hydrogen (secondary N) is 2. The molecule has 1 aromatic carbocycles. The van der Waals surface area contributed by atoms with Crippen LogP contribution in [0.4, 0.5) is 5.69 Å². The van der Waals surface area contributed by atoms with E-state index in [0.29, 0.717) is 17.7 Å². The first-order valence-corrected chi connectivity index (χ1v) is 9.37. The zero-order valence-electron chi connectivity index (χ0n) is 15.9. The van der Waals surface area contributed by atoms with Crippen LogP contribution in [0, 0.1) is 5.92 Å². The number of amides is 2. The lowest BCUT2D eigenvalue weighted by Gasteiger charge is -2.33. The number of carbonyl (C=O) groups excluding carboxylic acids is 2. The minimum absolute atomic E-state index is 0.282. The third-order valence-electron chi connectivity index (χ3n) is 4.86. The molecule has 1 aliphatic heterocycles. The van der Waals surface area contributed by atoms with Crippen LogP contribution in [0.5, 0.6) is 0 Å². The maximum absolute atomic E-state index is 12.2. The Balaban J connectivity index is 1.48. The van der Waals surface area contributed by atoms with Crippen molar-refractivity contribution in [3.8, 4) is 0 Å². The summed E-state index contributed by atoms with van der Waals surface area (Å²) in [6.45, 7) is 7.72. The fourth-order valence-electron chi connectivity index (χ4n) is 3.27. The summed E-state index contributed by atoms with van der Waals surface area (Å²) in [5, 5.41) is 6.32. The number of fused-ring (bicyclic) bond motifs is 1. The molecule has 1 unspecified atom stereocenters. The van der Waals surface area contributed by atoms with Crippen LogP contribution in [0.15, 0.2) is 36.5 Å². The molecule has 2 amide bonds. The van der Waals surface area contributed by atoms with Crippen molar-refractivity contribution in [3.05, 3.63) is 36.5 Å². The Morgan fingerprint density at radius 1 is 1.11 bits per heavy atom. The number of aromatic nitrogens is 1. The van der Waals surface area contributed by atoms with E-state index in [1.54, 1.807) is 12.3 Å². The summed E-state index contributed by atoms with van der Waals surface area (Å²) >= 11 is 0. The van der Waals surface area contributed by atoms with Gasteiger partial charge in [0.15, 0.2) is 0 Å².